The molecule has 0 aliphatic carbocycles. The molecule has 2 amide bonds. The van der Waals surface area contributed by atoms with Gasteiger partial charge in [0.15, 0.2) is 0 Å². The summed E-state index contributed by atoms with van der Waals surface area (Å²) in [6, 6.07) is 9.10. The van der Waals surface area contributed by atoms with Gasteiger partial charge in [-0.25, -0.2) is 4.39 Å². The molecule has 206 valence electrons. The van der Waals surface area contributed by atoms with Crippen molar-refractivity contribution in [3.8, 4) is 0 Å². The van der Waals surface area contributed by atoms with Crippen molar-refractivity contribution in [3.63, 3.8) is 0 Å². The molecule has 0 radical (unpaired) electrons. The van der Waals surface area contributed by atoms with Crippen molar-refractivity contribution in [2.24, 2.45) is 5.73 Å². The fraction of sp³-hybridized carbons (Fsp3) is 0.481. The number of nitrogens with zero attached hydrogens (tertiary/aromatic N) is 3. The summed E-state index contributed by atoms with van der Waals surface area (Å²) in [6.45, 7) is 5.62. The Bertz CT molecular complexity index is 1160. The molecule has 1 saturated heterocycles. The second kappa shape index (κ2) is 11.8. The lowest BCUT2D eigenvalue weighted by molar-refractivity contribution is -0.138. The number of benzene rings is 2. The number of anilines is 1. The van der Waals surface area contributed by atoms with E-state index in [1.807, 2.05) is 27.7 Å². The molecule has 11 heteroatoms. The van der Waals surface area contributed by atoms with Crippen LogP contribution in [0, 0.1) is 0 Å². The average Bonchev–Trinajstić information content (AvgIpc) is 2.85. The summed E-state index contributed by atoms with van der Waals surface area (Å²) in [5.74, 6) is -0.807. The summed E-state index contributed by atoms with van der Waals surface area (Å²) in [6.07, 6.45) is -4.59. The first kappa shape index (κ1) is 28.0. The fourth-order valence-corrected chi connectivity index (χ4v) is 5.29. The highest BCUT2D eigenvalue weighted by Crippen LogP contribution is 2.35. The van der Waals surface area contributed by atoms with Crippen LogP contribution < -0.4 is 11.1 Å². The van der Waals surface area contributed by atoms with Gasteiger partial charge in [-0.1, -0.05) is 19.1 Å². The van der Waals surface area contributed by atoms with Crippen LogP contribution in [-0.2, 0) is 24.1 Å². The number of halogens is 4. The molecule has 2 heterocycles. The van der Waals surface area contributed by atoms with Crippen LogP contribution in [0.3, 0.4) is 0 Å². The van der Waals surface area contributed by atoms with Gasteiger partial charge in [-0.15, -0.1) is 0 Å². The van der Waals surface area contributed by atoms with Gasteiger partial charge in [-0.05, 0) is 46.9 Å². The van der Waals surface area contributed by atoms with Crippen molar-refractivity contribution < 1.29 is 27.2 Å². The first-order chi connectivity index (χ1) is 18.0. The molecule has 7 nitrogen and oxygen atoms in total. The Labute approximate surface area is 219 Å². The molecule has 4 rings (SSSR count). The molecule has 0 aromatic heterocycles. The molecule has 38 heavy (non-hydrogen) atoms. The predicted molar refractivity (Wildman–Crippen MR) is 136 cm³/mol. The van der Waals surface area contributed by atoms with E-state index < -0.39 is 30.2 Å². The molecule has 1 fully saturated rings. The highest BCUT2D eigenvalue weighted by atomic mass is 19.4. The van der Waals surface area contributed by atoms with E-state index >= 15 is 0 Å². The number of primary amides is 1. The van der Waals surface area contributed by atoms with Gasteiger partial charge < -0.3 is 11.1 Å². The van der Waals surface area contributed by atoms with Gasteiger partial charge >= 0.3 is 6.18 Å². The third kappa shape index (κ3) is 6.89. The molecule has 0 spiro atoms. The molecule has 2 aromatic rings. The Morgan fingerprint density at radius 1 is 1.03 bits per heavy atom. The number of carbonyl (C=O) groups excluding carboxylic acids is 2. The largest absolute Gasteiger partial charge is 0.416 e. The number of hydrogen-bond donors (Lipinski definition) is 2. The number of nitrogens with two attached hydrogens (primary N) is 1. The number of alkyl halides is 4. The SMILES string of the molecule is C[C@H]1CN(CC(N)=O)Cc2cc(C(=O)Nc3ccc(CN4CCN(CCF)CC4)c(C(F)(F)F)c3)ccc21. The summed E-state index contributed by atoms with van der Waals surface area (Å²) >= 11 is 0. The van der Waals surface area contributed by atoms with Crippen LogP contribution in [0.5, 0.6) is 0 Å². The van der Waals surface area contributed by atoms with Gasteiger partial charge in [-0.3, -0.25) is 24.3 Å². The Kier molecular flexibility index (Phi) is 8.69. The van der Waals surface area contributed by atoms with Crippen LogP contribution in [0.1, 0.15) is 45.5 Å². The number of carbonyl (C=O) groups is 2. The van der Waals surface area contributed by atoms with Crippen molar-refractivity contribution in [2.75, 3.05) is 57.8 Å². The van der Waals surface area contributed by atoms with Crippen LogP contribution >= 0.6 is 0 Å². The third-order valence-electron chi connectivity index (χ3n) is 7.17. The highest BCUT2D eigenvalue weighted by molar-refractivity contribution is 6.04. The van der Waals surface area contributed by atoms with Crippen LogP contribution in [0.2, 0.25) is 0 Å². The zero-order chi connectivity index (χ0) is 27.4. The van der Waals surface area contributed by atoms with E-state index in [0.717, 1.165) is 17.2 Å². The molecule has 0 unspecified atom stereocenters. The van der Waals surface area contributed by atoms with E-state index in [2.05, 4.69) is 5.32 Å². The minimum absolute atomic E-state index is 0.0558. The summed E-state index contributed by atoms with van der Waals surface area (Å²) in [7, 11) is 0. The summed E-state index contributed by atoms with van der Waals surface area (Å²) < 4.78 is 54.4. The number of hydrogen-bond acceptors (Lipinski definition) is 5. The van der Waals surface area contributed by atoms with Crippen LogP contribution in [0.15, 0.2) is 36.4 Å². The molecule has 2 aliphatic rings. The third-order valence-corrected chi connectivity index (χ3v) is 7.17. The van der Waals surface area contributed by atoms with E-state index in [0.29, 0.717) is 51.4 Å². The predicted octanol–water partition coefficient (Wildman–Crippen LogP) is 3.45. The lowest BCUT2D eigenvalue weighted by atomic mass is 9.89. The molecule has 2 aromatic carbocycles. The molecular weight excluding hydrogens is 502 g/mol. The maximum atomic E-state index is 13.9. The number of nitrogens with one attached hydrogen (secondary N) is 1. The zero-order valence-electron chi connectivity index (χ0n) is 21.4. The zero-order valence-corrected chi connectivity index (χ0v) is 21.4. The Hall–Kier alpha value is -3.02. The maximum Gasteiger partial charge on any atom is 0.416 e. The number of rotatable bonds is 8. The summed E-state index contributed by atoms with van der Waals surface area (Å²) in [4.78, 5) is 30.1. The molecule has 1 atom stereocenters. The van der Waals surface area contributed by atoms with Gasteiger partial charge in [0.25, 0.3) is 5.91 Å². The Balaban J connectivity index is 1.47. The average molecular weight is 536 g/mol. The molecule has 0 saturated carbocycles. The van der Waals surface area contributed by atoms with Gasteiger partial charge in [0.05, 0.1) is 12.1 Å². The molecule has 0 bridgehead atoms. The smallest absolute Gasteiger partial charge is 0.369 e. The molecular formula is C27H33F4N5O2. The van der Waals surface area contributed by atoms with Gasteiger partial charge in [-0.2, -0.15) is 13.2 Å². The van der Waals surface area contributed by atoms with E-state index in [-0.39, 0.29) is 30.3 Å². The lowest BCUT2D eigenvalue weighted by Gasteiger charge is -2.34. The number of amides is 2. The van der Waals surface area contributed by atoms with E-state index in [1.165, 1.54) is 12.1 Å². The van der Waals surface area contributed by atoms with Crippen molar-refractivity contribution in [3.05, 3.63) is 64.2 Å². The van der Waals surface area contributed by atoms with Crippen molar-refractivity contribution in [1.29, 1.82) is 0 Å². The second-order valence-corrected chi connectivity index (χ2v) is 10.1. The Morgan fingerprint density at radius 2 is 1.74 bits per heavy atom. The van der Waals surface area contributed by atoms with Crippen molar-refractivity contribution >= 4 is 17.5 Å². The van der Waals surface area contributed by atoms with Gasteiger partial charge in [0.2, 0.25) is 5.91 Å². The highest BCUT2D eigenvalue weighted by Gasteiger charge is 2.34. The molecule has 3 N–H and O–H groups in total. The first-order valence-corrected chi connectivity index (χ1v) is 12.7. The standard InChI is InChI=1S/C27H33F4N5O2/c1-18-14-36(17-25(32)37)16-21-12-19(3-5-23(18)21)26(38)33-22-4-2-20(24(13-22)27(29,30)31)15-35-10-8-34(7-6-28)9-11-35/h2-5,12-13,18H,6-11,14-17H2,1H3,(H2,32,37)(H,33,38)/t18-/m0/s1. The van der Waals surface area contributed by atoms with Crippen molar-refractivity contribution in [2.45, 2.75) is 32.1 Å². The van der Waals surface area contributed by atoms with E-state index in [1.54, 1.807) is 12.1 Å². The normalized spacial score (nSPS) is 19.2. The minimum Gasteiger partial charge on any atom is -0.369 e. The first-order valence-electron chi connectivity index (χ1n) is 12.7. The number of piperazine rings is 1. The lowest BCUT2D eigenvalue weighted by Crippen LogP contribution is -2.46. The van der Waals surface area contributed by atoms with E-state index in [4.69, 9.17) is 5.73 Å². The summed E-state index contributed by atoms with van der Waals surface area (Å²) in [5, 5.41) is 2.60. The maximum absolute atomic E-state index is 13.9. The van der Waals surface area contributed by atoms with Gasteiger partial charge in [0.1, 0.15) is 6.67 Å². The van der Waals surface area contributed by atoms with Gasteiger partial charge in [0, 0.05) is 63.6 Å². The van der Waals surface area contributed by atoms with Crippen molar-refractivity contribution in [1.82, 2.24) is 14.7 Å². The number of fused-ring (bicyclic) bond motifs is 1. The van der Waals surface area contributed by atoms with Crippen LogP contribution in [0.4, 0.5) is 23.2 Å². The molecule has 2 aliphatic heterocycles. The minimum atomic E-state index is -4.59. The topological polar surface area (TPSA) is 81.9 Å². The fourth-order valence-electron chi connectivity index (χ4n) is 5.29. The van der Waals surface area contributed by atoms with Crippen LogP contribution in [0.25, 0.3) is 0 Å². The van der Waals surface area contributed by atoms with E-state index in [9.17, 15) is 27.2 Å². The Morgan fingerprint density at radius 3 is 2.39 bits per heavy atom. The summed E-state index contributed by atoms with van der Waals surface area (Å²) in [5.41, 5.74) is 7.00. The monoisotopic (exact) mass is 535 g/mol. The van der Waals surface area contributed by atoms with Crippen LogP contribution in [-0.4, -0.2) is 79.0 Å². The quantitative estimate of drug-likeness (QED) is 0.507. The second-order valence-electron chi connectivity index (χ2n) is 10.1.